The maximum absolute atomic E-state index is 14.7. The van der Waals surface area contributed by atoms with Crippen molar-refractivity contribution in [1.29, 1.82) is 0 Å². The molecule has 15 atom stereocenters. The number of hydrogen-bond acceptors (Lipinski definition) is 30. The first kappa shape index (κ1) is 85.6. The molecule has 13 N–H and O–H groups in total. The first-order valence-electron chi connectivity index (χ1n) is 36.9. The molecule has 40 heteroatoms. The Labute approximate surface area is 661 Å². The van der Waals surface area contributed by atoms with E-state index in [9.17, 15) is 104 Å². The molecule has 5 saturated heterocycles. The monoisotopic (exact) mass is 1630 g/mol. The third-order valence-corrected chi connectivity index (χ3v) is 20.3. The van der Waals surface area contributed by atoms with Crippen LogP contribution in [0.25, 0.3) is 0 Å². The Morgan fingerprint density at radius 1 is 0.509 bits per heavy atom. The zero-order valence-electron chi connectivity index (χ0n) is 63.3. The van der Waals surface area contributed by atoms with Gasteiger partial charge in [-0.05, 0) is 86.1 Å². The molecule has 116 heavy (non-hydrogen) atoms. The molecule has 7 heterocycles. The van der Waals surface area contributed by atoms with Gasteiger partial charge in [-0.1, -0.05) is 43.4 Å². The van der Waals surface area contributed by atoms with Gasteiger partial charge in [-0.15, -0.1) is 0 Å². The normalized spacial score (nSPS) is 25.6. The fourth-order valence-electron chi connectivity index (χ4n) is 14.2. The number of anilines is 2. The second-order valence-corrected chi connectivity index (χ2v) is 28.4. The summed E-state index contributed by atoms with van der Waals surface area (Å²) in [5.41, 5.74) is 0.342. The number of rotatable bonds is 31. The van der Waals surface area contributed by atoms with E-state index in [0.717, 1.165) is 14.7 Å². The lowest BCUT2D eigenvalue weighted by Gasteiger charge is -2.38. The van der Waals surface area contributed by atoms with E-state index in [0.29, 0.717) is 30.4 Å². The van der Waals surface area contributed by atoms with Gasteiger partial charge in [0.2, 0.25) is 30.3 Å². The number of carboxylic acids is 2. The summed E-state index contributed by atoms with van der Waals surface area (Å²) in [4.78, 5) is 152. The van der Waals surface area contributed by atoms with Gasteiger partial charge in [-0.3, -0.25) is 38.5 Å². The van der Waals surface area contributed by atoms with Crippen LogP contribution in [0.5, 0.6) is 34.5 Å². The Kier molecular flexibility index (Phi) is 27.4. The average molecular weight is 1630 g/mol. The number of nitrogens with one attached hydrogen (secondary N) is 3. The van der Waals surface area contributed by atoms with Crippen LogP contribution in [0.3, 0.4) is 0 Å². The number of aliphatic hydroxyl groups excluding tert-OH is 8. The van der Waals surface area contributed by atoms with Crippen LogP contribution >= 0.6 is 0 Å². The van der Waals surface area contributed by atoms with E-state index in [1.54, 1.807) is 6.92 Å². The second-order valence-electron chi connectivity index (χ2n) is 28.4. The highest BCUT2D eigenvalue weighted by Gasteiger charge is 2.52. The topological polar surface area (TPSA) is 544 Å². The summed E-state index contributed by atoms with van der Waals surface area (Å²) in [6.45, 7) is 7.85. The number of carboxylic acid groups (broad SMARTS) is 2. The van der Waals surface area contributed by atoms with E-state index in [1.165, 1.54) is 91.8 Å². The van der Waals surface area contributed by atoms with Gasteiger partial charge in [0.15, 0.2) is 47.7 Å². The van der Waals surface area contributed by atoms with Crippen LogP contribution < -0.4 is 54.2 Å². The van der Waals surface area contributed by atoms with Gasteiger partial charge in [0.25, 0.3) is 23.6 Å². The number of amides is 9. The summed E-state index contributed by atoms with van der Waals surface area (Å²) >= 11 is 0. The minimum absolute atomic E-state index is 0.000388. The van der Waals surface area contributed by atoms with Crippen molar-refractivity contribution in [3.63, 3.8) is 0 Å². The maximum Gasteiger partial charge on any atom is 0.416 e. The predicted molar refractivity (Wildman–Crippen MR) is 393 cm³/mol. The Balaban J connectivity index is 0.762. The quantitative estimate of drug-likeness (QED) is 0.0169. The first-order valence-corrected chi connectivity index (χ1v) is 36.9. The second kappa shape index (κ2) is 37.1. The molecule has 9 amide bonds. The highest BCUT2D eigenvalue weighted by atomic mass is 16.7. The van der Waals surface area contributed by atoms with E-state index in [4.69, 9.17) is 52.1 Å². The first-order chi connectivity index (χ1) is 55.3. The summed E-state index contributed by atoms with van der Waals surface area (Å²) in [6.07, 6.45) is -24.8. The zero-order valence-corrected chi connectivity index (χ0v) is 63.3. The number of methoxy groups -OCH3 is 3. The molecule has 7 aliphatic heterocycles. The third-order valence-electron chi connectivity index (χ3n) is 20.3. The number of benzene rings is 4. The molecule has 0 saturated carbocycles. The standard InChI is InChI=1S/C76H90N8O32/c1-35-21-46-69(98)83(75(104)111-33-38-11-13-48(113-73-60(91)56(87)58(89)62(115-73)71(100)101)42(24-38)64(93)78-16-10-15-77-54(85)32-82-55(86)23-37(3)66(82)95)44-28-52(50(107-5)26-40(44)67(96)80(46)30-35)109-18-8-7-9-19-110-53-29-45-41(27-51(53)108-6)68(97)81-31-36(2)22-47(81)70(99)84(45)76(105)112-34-39-12-14-49(43(25-39)65(94)79-17-20-106-4)114-74-61(92)57(88)59(90)63(116-74)72(102)103/h11-14,24-29,37,46-47,56-63,69-70,73-74,87-92,98-99H,1-2,7-10,15-23,30-34H2,3-6H3,(H,77,85)(H,78,93)(H,79,94)(H,100,101)(H,102,103)/t37?,46-,47-,56-,57-,58-,59-,60+,61+,62-,63-,69?,70?,73+,74+/m0/s1. The van der Waals surface area contributed by atoms with Crippen LogP contribution in [0.15, 0.2) is 85.0 Å². The average Bonchev–Trinajstić information content (AvgIpc) is 1.60. The smallest absolute Gasteiger partial charge is 0.416 e. The number of carbonyl (C=O) groups is 11. The minimum Gasteiger partial charge on any atom is -0.493 e. The largest absolute Gasteiger partial charge is 0.493 e. The number of unbranched alkanes of at least 4 members (excludes halogenated alkanes) is 2. The summed E-state index contributed by atoms with van der Waals surface area (Å²) in [5, 5.41) is 115. The minimum atomic E-state index is -2.09. The molecular weight excluding hydrogens is 1540 g/mol. The van der Waals surface area contributed by atoms with Crippen molar-refractivity contribution in [2.75, 3.05) is 90.2 Å². The number of carbonyl (C=O) groups excluding carboxylic acids is 9. The van der Waals surface area contributed by atoms with Gasteiger partial charge < -0.3 is 129 Å². The molecule has 5 fully saturated rings. The lowest BCUT2D eigenvalue weighted by molar-refractivity contribution is -0.271. The van der Waals surface area contributed by atoms with Crippen LogP contribution in [0.1, 0.15) is 104 Å². The number of imide groups is 1. The number of hydrogen-bond donors (Lipinski definition) is 13. The number of aliphatic carboxylic acids is 2. The molecular formula is C76H90N8O32. The molecule has 0 aromatic heterocycles. The summed E-state index contributed by atoms with van der Waals surface area (Å²) in [7, 11) is 4.05. The lowest BCUT2D eigenvalue weighted by Crippen LogP contribution is -2.61. The SMILES string of the molecule is C=C1C[C@H]2C(O)N(C(=O)OCc3ccc(O[C@@H]4O[C@H](C(=O)O)[C@@H](O)[C@H](O)[C@H]4O)c(C(=O)NCCCNC(=O)CN4C(=O)CC(C)C4=O)c3)c3cc(OCCCCCOc4cc5c(cc4OC)C(=O)N4CC(=C)C[C@H]4C(O)N5C(=O)OCc4ccc(O[C@@H]5O[C@H](C(=O)O)[C@@H](O)[C@H](O)[C@H]5O)c(C(=O)NCCOC)c4)c(OC)cc3C(=O)N2C1. The maximum atomic E-state index is 14.7. The number of ether oxygens (including phenoxy) is 11. The Bertz CT molecular complexity index is 4470. The Morgan fingerprint density at radius 2 is 0.948 bits per heavy atom. The molecule has 3 unspecified atom stereocenters. The van der Waals surface area contributed by atoms with Crippen LogP contribution in [-0.4, -0.2) is 298 Å². The molecule has 0 bridgehead atoms. The third kappa shape index (κ3) is 18.5. The lowest BCUT2D eigenvalue weighted by atomic mass is 9.99. The molecule has 0 aliphatic carbocycles. The zero-order chi connectivity index (χ0) is 83.8. The van der Waals surface area contributed by atoms with E-state index < -0.39 is 177 Å². The summed E-state index contributed by atoms with van der Waals surface area (Å²) in [6, 6.07) is 10.8. The summed E-state index contributed by atoms with van der Waals surface area (Å²) < 4.78 is 62.7. The number of aliphatic hydroxyl groups is 8. The van der Waals surface area contributed by atoms with Crippen LogP contribution in [0.2, 0.25) is 0 Å². The van der Waals surface area contributed by atoms with Crippen LogP contribution in [-0.2, 0) is 60.9 Å². The van der Waals surface area contributed by atoms with Crippen molar-refractivity contribution in [1.82, 2.24) is 30.7 Å². The highest BCUT2D eigenvalue weighted by molar-refractivity contribution is 6.08. The molecule has 626 valence electrons. The van der Waals surface area contributed by atoms with Crippen molar-refractivity contribution in [3.8, 4) is 34.5 Å². The van der Waals surface area contributed by atoms with Crippen molar-refractivity contribution in [2.45, 2.75) is 151 Å². The van der Waals surface area contributed by atoms with Gasteiger partial charge in [-0.2, -0.15) is 0 Å². The van der Waals surface area contributed by atoms with E-state index in [-0.39, 0.29) is 157 Å². The molecule has 4 aromatic rings. The molecule has 11 rings (SSSR count). The molecule has 0 radical (unpaired) electrons. The van der Waals surface area contributed by atoms with Crippen molar-refractivity contribution in [3.05, 3.63) is 118 Å². The van der Waals surface area contributed by atoms with Gasteiger partial charge in [0, 0.05) is 64.3 Å². The molecule has 7 aliphatic rings. The fourth-order valence-corrected chi connectivity index (χ4v) is 14.2. The van der Waals surface area contributed by atoms with E-state index >= 15 is 0 Å². The molecule has 40 nitrogen and oxygen atoms in total. The Hall–Kier alpha value is -11.3. The van der Waals surface area contributed by atoms with Crippen molar-refractivity contribution in [2.24, 2.45) is 5.92 Å². The molecule has 0 spiro atoms. The highest BCUT2D eigenvalue weighted by Crippen LogP contribution is 2.45. The molecule has 4 aromatic carbocycles. The summed E-state index contributed by atoms with van der Waals surface area (Å²) in [5.74, 6) is -8.88. The van der Waals surface area contributed by atoms with E-state index in [1.807, 2.05) is 0 Å². The van der Waals surface area contributed by atoms with Crippen molar-refractivity contribution < 1.29 is 156 Å². The van der Waals surface area contributed by atoms with Gasteiger partial charge in [0.05, 0.1) is 79.8 Å². The number of fused-ring (bicyclic) bond motifs is 4. The van der Waals surface area contributed by atoms with Crippen LogP contribution in [0.4, 0.5) is 21.0 Å². The predicted octanol–water partition coefficient (Wildman–Crippen LogP) is -0.627. The number of likely N-dealkylation sites (tertiary alicyclic amines) is 1. The Morgan fingerprint density at radius 3 is 1.36 bits per heavy atom. The van der Waals surface area contributed by atoms with E-state index in [2.05, 4.69) is 29.1 Å². The number of nitrogens with zero attached hydrogens (tertiary/aromatic N) is 5. The van der Waals surface area contributed by atoms with Gasteiger partial charge in [-0.25, -0.2) is 29.0 Å². The van der Waals surface area contributed by atoms with Gasteiger partial charge in [0.1, 0.15) is 67.9 Å². The van der Waals surface area contributed by atoms with Gasteiger partial charge >= 0.3 is 24.1 Å². The van der Waals surface area contributed by atoms with Crippen molar-refractivity contribution >= 4 is 76.9 Å². The fraction of sp³-hybridized carbons (Fsp3) is 0.487. The van der Waals surface area contributed by atoms with Crippen LogP contribution in [0, 0.1) is 5.92 Å².